The van der Waals surface area contributed by atoms with Gasteiger partial charge >= 0.3 is 0 Å². The molecule has 1 heterocycles. The quantitative estimate of drug-likeness (QED) is 0.736. The van der Waals surface area contributed by atoms with Gasteiger partial charge in [-0.3, -0.25) is 9.69 Å². The first-order valence-corrected chi connectivity index (χ1v) is 5.87. The summed E-state index contributed by atoms with van der Waals surface area (Å²) >= 11 is 1.33. The molecule has 0 aliphatic rings. The fourth-order valence-electron chi connectivity index (χ4n) is 1.44. The maximum absolute atomic E-state index is 10.9. The summed E-state index contributed by atoms with van der Waals surface area (Å²) in [6, 6.07) is 0. The van der Waals surface area contributed by atoms with Gasteiger partial charge in [-0.1, -0.05) is 25.2 Å². The zero-order valence-electron chi connectivity index (χ0n) is 9.51. The molecule has 0 saturated heterocycles. The number of amides is 1. The molecular formula is C9H17N5OS. The van der Waals surface area contributed by atoms with Crippen molar-refractivity contribution in [2.45, 2.75) is 20.4 Å². The molecule has 0 aromatic carbocycles. The SMILES string of the molecule is CC(C)CN(CC(N)=O)Cc1nnc(N)s1. The van der Waals surface area contributed by atoms with Crippen molar-refractivity contribution in [3.63, 3.8) is 0 Å². The van der Waals surface area contributed by atoms with Gasteiger partial charge in [0.2, 0.25) is 11.0 Å². The van der Waals surface area contributed by atoms with E-state index in [0.717, 1.165) is 11.6 Å². The van der Waals surface area contributed by atoms with Crippen LogP contribution in [0.1, 0.15) is 18.9 Å². The molecule has 1 aromatic rings. The van der Waals surface area contributed by atoms with E-state index in [4.69, 9.17) is 11.5 Å². The van der Waals surface area contributed by atoms with Crippen LogP contribution >= 0.6 is 11.3 Å². The Morgan fingerprint density at radius 3 is 2.62 bits per heavy atom. The number of hydrogen-bond donors (Lipinski definition) is 2. The van der Waals surface area contributed by atoms with Crippen molar-refractivity contribution in [2.75, 3.05) is 18.8 Å². The first-order chi connectivity index (χ1) is 7.47. The van der Waals surface area contributed by atoms with Crippen LogP contribution in [0.2, 0.25) is 0 Å². The van der Waals surface area contributed by atoms with Crippen LogP contribution in [0.25, 0.3) is 0 Å². The number of carbonyl (C=O) groups excluding carboxylic acids is 1. The Labute approximate surface area is 98.6 Å². The smallest absolute Gasteiger partial charge is 0.231 e. The molecule has 1 rings (SSSR count). The second-order valence-electron chi connectivity index (χ2n) is 4.06. The summed E-state index contributed by atoms with van der Waals surface area (Å²) < 4.78 is 0. The van der Waals surface area contributed by atoms with E-state index < -0.39 is 0 Å². The van der Waals surface area contributed by atoms with Gasteiger partial charge in [-0.15, -0.1) is 10.2 Å². The van der Waals surface area contributed by atoms with Crippen molar-refractivity contribution in [3.8, 4) is 0 Å². The number of primary amides is 1. The minimum Gasteiger partial charge on any atom is -0.374 e. The number of carbonyl (C=O) groups is 1. The maximum atomic E-state index is 10.9. The Kier molecular flexibility index (Phi) is 4.63. The lowest BCUT2D eigenvalue weighted by Gasteiger charge is -2.21. The minimum absolute atomic E-state index is 0.234. The number of nitrogens with two attached hydrogens (primary N) is 2. The summed E-state index contributed by atoms with van der Waals surface area (Å²) in [5.74, 6) is 0.128. The number of rotatable bonds is 6. The van der Waals surface area contributed by atoms with Crippen LogP contribution in [-0.4, -0.2) is 34.1 Å². The average molecular weight is 243 g/mol. The molecule has 0 aliphatic carbocycles. The molecular weight excluding hydrogens is 226 g/mol. The topological polar surface area (TPSA) is 98.1 Å². The van der Waals surface area contributed by atoms with Gasteiger partial charge in [-0.2, -0.15) is 0 Å². The largest absolute Gasteiger partial charge is 0.374 e. The lowest BCUT2D eigenvalue weighted by molar-refractivity contribution is -0.119. The van der Waals surface area contributed by atoms with Crippen molar-refractivity contribution in [1.82, 2.24) is 15.1 Å². The lowest BCUT2D eigenvalue weighted by Crippen LogP contribution is -2.35. The van der Waals surface area contributed by atoms with Gasteiger partial charge in [0.1, 0.15) is 5.01 Å². The molecule has 0 spiro atoms. The normalized spacial score (nSPS) is 11.2. The van der Waals surface area contributed by atoms with E-state index in [1.54, 1.807) is 0 Å². The van der Waals surface area contributed by atoms with Crippen molar-refractivity contribution in [1.29, 1.82) is 0 Å². The van der Waals surface area contributed by atoms with Crippen LogP contribution in [-0.2, 0) is 11.3 Å². The molecule has 1 amide bonds. The van der Waals surface area contributed by atoms with Crippen LogP contribution in [0.5, 0.6) is 0 Å². The molecule has 0 atom stereocenters. The number of aromatic nitrogens is 2. The molecule has 90 valence electrons. The number of anilines is 1. The zero-order valence-corrected chi connectivity index (χ0v) is 10.3. The fraction of sp³-hybridized carbons (Fsp3) is 0.667. The third-order valence-electron chi connectivity index (χ3n) is 1.84. The molecule has 0 aliphatic heterocycles. The van der Waals surface area contributed by atoms with Gasteiger partial charge in [-0.25, -0.2) is 0 Å². The molecule has 6 nitrogen and oxygen atoms in total. The van der Waals surface area contributed by atoms with Crippen molar-refractivity contribution >= 4 is 22.4 Å². The van der Waals surface area contributed by atoms with Crippen LogP contribution in [0, 0.1) is 5.92 Å². The Balaban J connectivity index is 2.58. The van der Waals surface area contributed by atoms with E-state index in [1.165, 1.54) is 11.3 Å². The van der Waals surface area contributed by atoms with Gasteiger partial charge < -0.3 is 11.5 Å². The fourth-order valence-corrected chi connectivity index (χ4v) is 2.10. The second-order valence-corrected chi connectivity index (χ2v) is 5.16. The van der Waals surface area contributed by atoms with E-state index in [0.29, 0.717) is 17.6 Å². The first-order valence-electron chi connectivity index (χ1n) is 5.06. The second kappa shape index (κ2) is 5.76. The van der Waals surface area contributed by atoms with Crippen LogP contribution < -0.4 is 11.5 Å². The van der Waals surface area contributed by atoms with Crippen molar-refractivity contribution in [3.05, 3.63) is 5.01 Å². The van der Waals surface area contributed by atoms with Gasteiger partial charge in [-0.05, 0) is 5.92 Å². The molecule has 0 fully saturated rings. The van der Waals surface area contributed by atoms with E-state index in [9.17, 15) is 4.79 Å². The average Bonchev–Trinajstić information content (AvgIpc) is 2.48. The Morgan fingerprint density at radius 1 is 1.50 bits per heavy atom. The summed E-state index contributed by atoms with van der Waals surface area (Å²) in [4.78, 5) is 12.9. The molecule has 0 bridgehead atoms. The summed E-state index contributed by atoms with van der Waals surface area (Å²) in [6.45, 7) is 5.76. The molecule has 16 heavy (non-hydrogen) atoms. The Morgan fingerprint density at radius 2 is 2.19 bits per heavy atom. The molecule has 7 heteroatoms. The predicted molar refractivity (Wildman–Crippen MR) is 63.6 cm³/mol. The third kappa shape index (κ3) is 4.54. The number of nitrogen functional groups attached to an aromatic ring is 1. The Hall–Kier alpha value is -1.21. The van der Waals surface area contributed by atoms with Gasteiger partial charge in [0.25, 0.3) is 0 Å². The maximum Gasteiger partial charge on any atom is 0.231 e. The first kappa shape index (κ1) is 12.9. The molecule has 0 unspecified atom stereocenters. The highest BCUT2D eigenvalue weighted by Crippen LogP contribution is 2.14. The van der Waals surface area contributed by atoms with Crippen molar-refractivity contribution in [2.24, 2.45) is 11.7 Å². The summed E-state index contributed by atoms with van der Waals surface area (Å²) in [7, 11) is 0. The van der Waals surface area contributed by atoms with E-state index in [2.05, 4.69) is 24.0 Å². The number of hydrogen-bond acceptors (Lipinski definition) is 6. The predicted octanol–water partition coefficient (Wildman–Crippen LogP) is 0.0636. The highest BCUT2D eigenvalue weighted by atomic mass is 32.1. The van der Waals surface area contributed by atoms with Crippen LogP contribution in [0.15, 0.2) is 0 Å². The highest BCUT2D eigenvalue weighted by molar-refractivity contribution is 7.15. The Bertz CT molecular complexity index is 351. The van der Waals surface area contributed by atoms with Gasteiger partial charge in [0.15, 0.2) is 0 Å². The van der Waals surface area contributed by atoms with Crippen LogP contribution in [0.3, 0.4) is 0 Å². The molecule has 0 saturated carbocycles. The lowest BCUT2D eigenvalue weighted by atomic mass is 10.2. The highest BCUT2D eigenvalue weighted by Gasteiger charge is 2.13. The van der Waals surface area contributed by atoms with E-state index in [-0.39, 0.29) is 12.5 Å². The molecule has 1 aromatic heterocycles. The third-order valence-corrected chi connectivity index (χ3v) is 2.58. The van der Waals surface area contributed by atoms with E-state index in [1.807, 2.05) is 4.90 Å². The molecule has 0 radical (unpaired) electrons. The van der Waals surface area contributed by atoms with Crippen molar-refractivity contribution < 1.29 is 4.79 Å². The summed E-state index contributed by atoms with van der Waals surface area (Å²) in [5, 5.41) is 8.90. The number of nitrogens with zero attached hydrogens (tertiary/aromatic N) is 3. The standard InChI is InChI=1S/C9H17N5OS/c1-6(2)3-14(4-7(10)15)5-8-12-13-9(11)16-8/h6H,3-5H2,1-2H3,(H2,10,15)(H2,11,13). The minimum atomic E-state index is -0.335. The van der Waals surface area contributed by atoms with Gasteiger partial charge in [0.05, 0.1) is 13.1 Å². The van der Waals surface area contributed by atoms with Crippen LogP contribution in [0.4, 0.5) is 5.13 Å². The summed E-state index contributed by atoms with van der Waals surface area (Å²) in [6.07, 6.45) is 0. The van der Waals surface area contributed by atoms with Gasteiger partial charge in [0, 0.05) is 6.54 Å². The zero-order chi connectivity index (χ0) is 12.1. The molecule has 4 N–H and O–H groups in total. The monoisotopic (exact) mass is 243 g/mol. The van der Waals surface area contributed by atoms with E-state index >= 15 is 0 Å². The summed E-state index contributed by atoms with van der Waals surface area (Å²) in [5.41, 5.74) is 10.7.